The lowest BCUT2D eigenvalue weighted by Gasteiger charge is -2.33. The smallest absolute Gasteiger partial charge is 0.300 e. The highest BCUT2D eigenvalue weighted by molar-refractivity contribution is 5.94. The van der Waals surface area contributed by atoms with Gasteiger partial charge in [0.15, 0.2) is 5.58 Å². The van der Waals surface area contributed by atoms with Crippen molar-refractivity contribution >= 4 is 23.2 Å². The Balaban J connectivity index is 1.25. The Labute approximate surface area is 162 Å². The highest BCUT2D eigenvalue weighted by atomic mass is 19.1. The Hall–Kier alpha value is -2.96. The van der Waals surface area contributed by atoms with Gasteiger partial charge in [-0.3, -0.25) is 4.79 Å². The van der Waals surface area contributed by atoms with Gasteiger partial charge < -0.3 is 14.2 Å². The maximum atomic E-state index is 14.1. The van der Waals surface area contributed by atoms with Crippen molar-refractivity contribution in [1.82, 2.24) is 14.9 Å². The second kappa shape index (κ2) is 6.29. The minimum absolute atomic E-state index is 0.0234. The summed E-state index contributed by atoms with van der Waals surface area (Å²) in [6, 6.07) is 11.3. The van der Waals surface area contributed by atoms with Crippen LogP contribution in [0.1, 0.15) is 34.5 Å². The van der Waals surface area contributed by atoms with Gasteiger partial charge in [0.2, 0.25) is 5.65 Å². The number of anilines is 1. The zero-order valence-corrected chi connectivity index (χ0v) is 15.7. The fourth-order valence-corrected chi connectivity index (χ4v) is 3.63. The number of piperazine rings is 1. The van der Waals surface area contributed by atoms with Crippen LogP contribution in [0.4, 0.5) is 10.4 Å². The lowest BCUT2D eigenvalue weighted by atomic mass is 10.1. The van der Waals surface area contributed by atoms with Crippen LogP contribution in [-0.4, -0.2) is 47.0 Å². The minimum Gasteiger partial charge on any atom is -0.422 e. The first-order chi connectivity index (χ1) is 13.5. The number of hydrogen-bond donors (Lipinski definition) is 0. The van der Waals surface area contributed by atoms with Crippen molar-refractivity contribution in [3.05, 3.63) is 53.2 Å². The van der Waals surface area contributed by atoms with Gasteiger partial charge >= 0.3 is 0 Å². The van der Waals surface area contributed by atoms with Gasteiger partial charge in [0.1, 0.15) is 5.67 Å². The highest BCUT2D eigenvalue weighted by Gasteiger charge is 2.44. The lowest BCUT2D eigenvalue weighted by Crippen LogP contribution is -2.48. The van der Waals surface area contributed by atoms with Crippen LogP contribution < -0.4 is 4.90 Å². The molecule has 3 heterocycles. The molecule has 0 radical (unpaired) electrons. The maximum absolute atomic E-state index is 14.1. The van der Waals surface area contributed by atoms with E-state index in [0.717, 1.165) is 5.69 Å². The summed E-state index contributed by atoms with van der Waals surface area (Å²) in [5.41, 5.74) is 2.28. The van der Waals surface area contributed by atoms with E-state index in [0.29, 0.717) is 67.4 Å². The van der Waals surface area contributed by atoms with E-state index in [9.17, 15) is 9.18 Å². The first-order valence-corrected chi connectivity index (χ1v) is 9.60. The van der Waals surface area contributed by atoms with Crippen molar-refractivity contribution in [2.75, 3.05) is 31.1 Å². The molecule has 7 heteroatoms. The third-order valence-electron chi connectivity index (χ3n) is 5.56. The molecule has 2 aromatic heterocycles. The van der Waals surface area contributed by atoms with E-state index in [1.807, 2.05) is 28.9 Å². The summed E-state index contributed by atoms with van der Waals surface area (Å²) in [6.07, 6.45) is 1.15. The van der Waals surface area contributed by atoms with Crippen molar-refractivity contribution in [2.45, 2.75) is 25.4 Å². The molecule has 1 saturated heterocycles. The fraction of sp³-hybridized carbons (Fsp3) is 0.381. The number of halogens is 1. The molecule has 2 aliphatic rings. The zero-order valence-electron chi connectivity index (χ0n) is 15.7. The van der Waals surface area contributed by atoms with Crippen LogP contribution in [0.2, 0.25) is 0 Å². The van der Waals surface area contributed by atoms with E-state index in [4.69, 9.17) is 4.42 Å². The number of aromatic nitrogens is 2. The number of oxazole rings is 1. The third kappa shape index (κ3) is 3.00. The number of fused-ring (bicyclic) bond motifs is 1. The SMILES string of the molecule is Cc1ccc2oc(N3CCN(C(=O)c4ccc(C5(F)CC5)cc4)CC3)nc2n1. The molecular formula is C21H21FN4O2. The summed E-state index contributed by atoms with van der Waals surface area (Å²) < 4.78 is 19.9. The van der Waals surface area contributed by atoms with Crippen LogP contribution in [0.5, 0.6) is 0 Å². The second-order valence-electron chi connectivity index (χ2n) is 7.59. The summed E-state index contributed by atoms with van der Waals surface area (Å²) in [4.78, 5) is 25.5. The number of carbonyl (C=O) groups is 1. The quantitative estimate of drug-likeness (QED) is 0.696. The van der Waals surface area contributed by atoms with E-state index < -0.39 is 5.67 Å². The monoisotopic (exact) mass is 380 g/mol. The highest BCUT2D eigenvalue weighted by Crippen LogP contribution is 2.49. The van der Waals surface area contributed by atoms with Gasteiger partial charge in [0.05, 0.1) is 0 Å². The number of amides is 1. The average molecular weight is 380 g/mol. The molecule has 1 aromatic carbocycles. The normalized spacial score (nSPS) is 18.5. The van der Waals surface area contributed by atoms with Crippen LogP contribution in [-0.2, 0) is 5.67 Å². The first-order valence-electron chi connectivity index (χ1n) is 9.60. The van der Waals surface area contributed by atoms with Crippen LogP contribution in [0.25, 0.3) is 11.2 Å². The number of nitrogens with zero attached hydrogens (tertiary/aromatic N) is 4. The van der Waals surface area contributed by atoms with E-state index in [2.05, 4.69) is 9.97 Å². The molecule has 6 nitrogen and oxygen atoms in total. The molecule has 144 valence electrons. The van der Waals surface area contributed by atoms with Gasteiger partial charge in [-0.25, -0.2) is 9.37 Å². The standard InChI is InChI=1S/C21H21FN4O2/c1-14-2-7-17-18(23-14)24-20(28-17)26-12-10-25(11-13-26)19(27)15-3-5-16(6-4-15)21(22)8-9-21/h2-7H,8-13H2,1H3. The number of carbonyl (C=O) groups excluding carboxylic acids is 1. The van der Waals surface area contributed by atoms with Crippen molar-refractivity contribution in [1.29, 1.82) is 0 Å². The second-order valence-corrected chi connectivity index (χ2v) is 7.59. The Morgan fingerprint density at radius 2 is 1.75 bits per heavy atom. The Morgan fingerprint density at radius 3 is 2.43 bits per heavy atom. The molecule has 2 fully saturated rings. The Bertz CT molecular complexity index is 1030. The topological polar surface area (TPSA) is 62.5 Å². The molecule has 1 amide bonds. The molecule has 3 aromatic rings. The predicted octanol–water partition coefficient (Wildman–Crippen LogP) is 3.45. The van der Waals surface area contributed by atoms with Crippen molar-refractivity contribution in [2.24, 2.45) is 0 Å². The van der Waals surface area contributed by atoms with E-state index in [1.54, 1.807) is 24.3 Å². The molecule has 1 saturated carbocycles. The van der Waals surface area contributed by atoms with Gasteiger partial charge in [-0.1, -0.05) is 12.1 Å². The fourth-order valence-electron chi connectivity index (χ4n) is 3.63. The largest absolute Gasteiger partial charge is 0.422 e. The van der Waals surface area contributed by atoms with Crippen molar-refractivity contribution in [3.63, 3.8) is 0 Å². The molecule has 1 aliphatic carbocycles. The number of benzene rings is 1. The number of hydrogen-bond acceptors (Lipinski definition) is 5. The summed E-state index contributed by atoms with van der Waals surface area (Å²) in [5.74, 6) is -0.0234. The zero-order chi connectivity index (χ0) is 19.3. The maximum Gasteiger partial charge on any atom is 0.300 e. The van der Waals surface area contributed by atoms with Crippen LogP contribution in [0.15, 0.2) is 40.8 Å². The van der Waals surface area contributed by atoms with E-state index >= 15 is 0 Å². The lowest BCUT2D eigenvalue weighted by molar-refractivity contribution is 0.0745. The van der Waals surface area contributed by atoms with Gasteiger partial charge in [0.25, 0.3) is 11.9 Å². The van der Waals surface area contributed by atoms with Gasteiger partial charge in [-0.05, 0) is 49.6 Å². The van der Waals surface area contributed by atoms with Crippen molar-refractivity contribution < 1.29 is 13.6 Å². The molecule has 28 heavy (non-hydrogen) atoms. The summed E-state index contributed by atoms with van der Waals surface area (Å²) >= 11 is 0. The first kappa shape index (κ1) is 17.2. The number of pyridine rings is 1. The Morgan fingerprint density at radius 1 is 1.04 bits per heavy atom. The molecule has 0 spiro atoms. The van der Waals surface area contributed by atoms with E-state index in [1.165, 1.54) is 0 Å². The van der Waals surface area contributed by atoms with Crippen LogP contribution in [0.3, 0.4) is 0 Å². The molecule has 0 atom stereocenters. The molecule has 0 bridgehead atoms. The Kier molecular flexibility index (Phi) is 3.86. The molecule has 5 rings (SSSR count). The molecule has 0 unspecified atom stereocenters. The third-order valence-corrected chi connectivity index (χ3v) is 5.56. The number of alkyl halides is 1. The van der Waals surface area contributed by atoms with Crippen molar-refractivity contribution in [3.8, 4) is 0 Å². The van der Waals surface area contributed by atoms with Gasteiger partial charge in [-0.2, -0.15) is 4.98 Å². The average Bonchev–Trinajstić information content (AvgIpc) is 3.33. The molecule has 1 aliphatic heterocycles. The van der Waals surface area contributed by atoms with Crippen LogP contribution >= 0.6 is 0 Å². The van der Waals surface area contributed by atoms with Gasteiger partial charge in [0, 0.05) is 37.4 Å². The molecular weight excluding hydrogens is 359 g/mol. The minimum atomic E-state index is -1.17. The van der Waals surface area contributed by atoms with Crippen LogP contribution in [0, 0.1) is 6.92 Å². The molecule has 0 N–H and O–H groups in total. The number of rotatable bonds is 3. The summed E-state index contributed by atoms with van der Waals surface area (Å²) in [6.45, 7) is 4.37. The number of aryl methyl sites for hydroxylation is 1. The predicted molar refractivity (Wildman–Crippen MR) is 103 cm³/mol. The van der Waals surface area contributed by atoms with Gasteiger partial charge in [-0.15, -0.1) is 0 Å². The summed E-state index contributed by atoms with van der Waals surface area (Å²) in [7, 11) is 0. The summed E-state index contributed by atoms with van der Waals surface area (Å²) in [5, 5.41) is 0. The van der Waals surface area contributed by atoms with E-state index in [-0.39, 0.29) is 5.91 Å².